The molecule has 98 valence electrons. The fourth-order valence-electron chi connectivity index (χ4n) is 2.43. The van der Waals surface area contributed by atoms with Gasteiger partial charge in [0, 0.05) is 6.04 Å². The number of ether oxygens (including phenoxy) is 1. The zero-order valence-corrected chi connectivity index (χ0v) is 10.7. The summed E-state index contributed by atoms with van der Waals surface area (Å²) < 4.78 is 5.40. The van der Waals surface area contributed by atoms with Crippen LogP contribution >= 0.6 is 0 Å². The molecular weight excluding hydrogens is 230 g/mol. The molecule has 0 heterocycles. The molecule has 18 heavy (non-hydrogen) atoms. The molecule has 3 unspecified atom stereocenters. The first-order valence-corrected chi connectivity index (χ1v) is 6.30. The van der Waals surface area contributed by atoms with Crippen molar-refractivity contribution in [1.29, 1.82) is 0 Å². The van der Waals surface area contributed by atoms with Crippen LogP contribution in [0.3, 0.4) is 0 Å². The van der Waals surface area contributed by atoms with Gasteiger partial charge in [0.05, 0.1) is 12.5 Å². The van der Waals surface area contributed by atoms with Gasteiger partial charge < -0.3 is 15.2 Å². The van der Waals surface area contributed by atoms with Crippen LogP contribution in [0.2, 0.25) is 0 Å². The van der Waals surface area contributed by atoms with Crippen LogP contribution in [0.4, 0.5) is 0 Å². The molecule has 0 radical (unpaired) electrons. The summed E-state index contributed by atoms with van der Waals surface area (Å²) in [6, 6.07) is 7.98. The van der Waals surface area contributed by atoms with E-state index in [0.29, 0.717) is 6.61 Å². The Bertz CT molecular complexity index is 416. The summed E-state index contributed by atoms with van der Waals surface area (Å²) in [7, 11) is 1.87. The highest BCUT2D eigenvalue weighted by Crippen LogP contribution is 2.47. The van der Waals surface area contributed by atoms with E-state index in [9.17, 15) is 4.79 Å². The van der Waals surface area contributed by atoms with E-state index in [2.05, 4.69) is 5.32 Å². The molecule has 1 aliphatic rings. The molecule has 0 aliphatic heterocycles. The third-order valence-corrected chi connectivity index (χ3v) is 3.45. The molecule has 0 amide bonds. The largest absolute Gasteiger partial charge is 0.494 e. The number of nitrogens with one attached hydrogen (secondary N) is 1. The minimum atomic E-state index is -0.689. The molecular formula is C14H19NO3. The number of rotatable bonds is 6. The predicted molar refractivity (Wildman–Crippen MR) is 68.6 cm³/mol. The van der Waals surface area contributed by atoms with Gasteiger partial charge >= 0.3 is 5.97 Å². The van der Waals surface area contributed by atoms with E-state index in [1.54, 1.807) is 0 Å². The van der Waals surface area contributed by atoms with E-state index in [4.69, 9.17) is 9.84 Å². The highest BCUT2D eigenvalue weighted by molar-refractivity contribution is 5.73. The van der Waals surface area contributed by atoms with Crippen molar-refractivity contribution < 1.29 is 14.6 Å². The van der Waals surface area contributed by atoms with Crippen LogP contribution in [0.5, 0.6) is 5.75 Å². The first-order valence-electron chi connectivity index (χ1n) is 6.30. The van der Waals surface area contributed by atoms with Gasteiger partial charge in [0.25, 0.3) is 0 Å². The Labute approximate surface area is 107 Å². The maximum absolute atomic E-state index is 10.9. The Kier molecular flexibility index (Phi) is 3.87. The molecule has 4 nitrogen and oxygen atoms in total. The second-order valence-electron chi connectivity index (χ2n) is 4.61. The van der Waals surface area contributed by atoms with Gasteiger partial charge in [0.2, 0.25) is 0 Å². The quantitative estimate of drug-likeness (QED) is 0.810. The average Bonchev–Trinajstić information content (AvgIpc) is 3.13. The second kappa shape index (κ2) is 5.40. The number of carboxylic acid groups (broad SMARTS) is 1. The third kappa shape index (κ3) is 2.64. The lowest BCUT2D eigenvalue weighted by molar-refractivity contribution is -0.138. The van der Waals surface area contributed by atoms with Gasteiger partial charge in [-0.25, -0.2) is 0 Å². The van der Waals surface area contributed by atoms with Gasteiger partial charge in [0.1, 0.15) is 5.75 Å². The average molecular weight is 249 g/mol. The van der Waals surface area contributed by atoms with E-state index < -0.39 is 5.97 Å². The van der Waals surface area contributed by atoms with Crippen molar-refractivity contribution in [3.8, 4) is 5.75 Å². The van der Waals surface area contributed by atoms with E-state index >= 15 is 0 Å². The molecule has 0 bridgehead atoms. The molecule has 2 rings (SSSR count). The van der Waals surface area contributed by atoms with Crippen LogP contribution in [0, 0.1) is 11.8 Å². The number of carbonyl (C=O) groups is 1. The zero-order valence-electron chi connectivity index (χ0n) is 10.7. The van der Waals surface area contributed by atoms with Crippen molar-refractivity contribution >= 4 is 5.97 Å². The maximum atomic E-state index is 10.9. The normalized spacial score (nSPS) is 23.4. The SMILES string of the molecule is CCOc1ccc(C(NC)C2CC2C(=O)O)cc1. The highest BCUT2D eigenvalue weighted by atomic mass is 16.5. The topological polar surface area (TPSA) is 58.6 Å². The summed E-state index contributed by atoms with van der Waals surface area (Å²) in [4.78, 5) is 10.9. The summed E-state index contributed by atoms with van der Waals surface area (Å²) in [6.07, 6.45) is 0.758. The minimum absolute atomic E-state index is 0.113. The first-order chi connectivity index (χ1) is 8.67. The summed E-state index contributed by atoms with van der Waals surface area (Å²) in [5.74, 6) is 0.160. The maximum Gasteiger partial charge on any atom is 0.306 e. The van der Waals surface area contributed by atoms with Gasteiger partial charge in [-0.1, -0.05) is 12.1 Å². The second-order valence-corrected chi connectivity index (χ2v) is 4.61. The summed E-state index contributed by atoms with van der Waals surface area (Å²) in [5.41, 5.74) is 1.12. The van der Waals surface area contributed by atoms with E-state index in [1.807, 2.05) is 38.2 Å². The van der Waals surface area contributed by atoms with E-state index in [-0.39, 0.29) is 17.9 Å². The molecule has 4 heteroatoms. The van der Waals surface area contributed by atoms with Crippen LogP contribution in [-0.4, -0.2) is 24.7 Å². The van der Waals surface area contributed by atoms with Crippen molar-refractivity contribution in [2.24, 2.45) is 11.8 Å². The Hall–Kier alpha value is -1.55. The Morgan fingerprint density at radius 1 is 1.50 bits per heavy atom. The fourth-order valence-corrected chi connectivity index (χ4v) is 2.43. The fraction of sp³-hybridized carbons (Fsp3) is 0.500. The van der Waals surface area contributed by atoms with Gasteiger partial charge in [0.15, 0.2) is 0 Å². The lowest BCUT2D eigenvalue weighted by Gasteiger charge is -2.16. The molecule has 2 N–H and O–H groups in total. The molecule has 1 aromatic carbocycles. The molecule has 0 aromatic heterocycles. The van der Waals surface area contributed by atoms with Crippen molar-refractivity contribution in [3.05, 3.63) is 29.8 Å². The Morgan fingerprint density at radius 2 is 2.17 bits per heavy atom. The number of carboxylic acids is 1. The van der Waals surface area contributed by atoms with Gasteiger partial charge in [-0.3, -0.25) is 4.79 Å². The molecule has 1 saturated carbocycles. The van der Waals surface area contributed by atoms with Gasteiger partial charge in [-0.05, 0) is 44.0 Å². The van der Waals surface area contributed by atoms with E-state index in [1.165, 1.54) is 0 Å². The van der Waals surface area contributed by atoms with Gasteiger partial charge in [-0.15, -0.1) is 0 Å². The standard InChI is InChI=1S/C14H19NO3/c1-3-18-10-6-4-9(5-7-10)13(15-2)11-8-12(11)14(16)17/h4-7,11-13,15H,3,8H2,1-2H3,(H,16,17). The van der Waals surface area contributed by atoms with Crippen molar-refractivity contribution in [1.82, 2.24) is 5.32 Å². The predicted octanol–water partition coefficient (Wildman–Crippen LogP) is 2.07. The van der Waals surface area contributed by atoms with Crippen molar-refractivity contribution in [2.45, 2.75) is 19.4 Å². The number of aliphatic carboxylic acids is 1. The summed E-state index contributed by atoms with van der Waals surface area (Å²) >= 11 is 0. The number of hydrogen-bond acceptors (Lipinski definition) is 3. The van der Waals surface area contributed by atoms with Crippen LogP contribution in [0.1, 0.15) is 24.9 Å². The lowest BCUT2D eigenvalue weighted by atomic mass is 10.0. The van der Waals surface area contributed by atoms with Gasteiger partial charge in [-0.2, -0.15) is 0 Å². The highest BCUT2D eigenvalue weighted by Gasteiger charge is 2.47. The lowest BCUT2D eigenvalue weighted by Crippen LogP contribution is -2.20. The molecule has 1 aliphatic carbocycles. The molecule has 1 aromatic rings. The molecule has 0 saturated heterocycles. The summed E-state index contributed by atoms with van der Waals surface area (Å²) in [6.45, 7) is 2.60. The molecule has 0 spiro atoms. The van der Waals surface area contributed by atoms with Crippen LogP contribution < -0.4 is 10.1 Å². The Morgan fingerprint density at radius 3 is 2.61 bits per heavy atom. The van der Waals surface area contributed by atoms with Crippen LogP contribution in [-0.2, 0) is 4.79 Å². The minimum Gasteiger partial charge on any atom is -0.494 e. The molecule has 1 fully saturated rings. The first kappa shape index (κ1) is 12.9. The van der Waals surface area contributed by atoms with Crippen molar-refractivity contribution in [2.75, 3.05) is 13.7 Å². The van der Waals surface area contributed by atoms with Crippen LogP contribution in [0.15, 0.2) is 24.3 Å². The number of benzene rings is 1. The van der Waals surface area contributed by atoms with E-state index in [0.717, 1.165) is 17.7 Å². The number of hydrogen-bond donors (Lipinski definition) is 2. The summed E-state index contributed by atoms with van der Waals surface area (Å²) in [5, 5.41) is 12.2. The van der Waals surface area contributed by atoms with Crippen LogP contribution in [0.25, 0.3) is 0 Å². The molecule has 3 atom stereocenters. The monoisotopic (exact) mass is 249 g/mol. The van der Waals surface area contributed by atoms with Crippen molar-refractivity contribution in [3.63, 3.8) is 0 Å². The third-order valence-electron chi connectivity index (χ3n) is 3.45. The Balaban J connectivity index is 2.06. The zero-order chi connectivity index (χ0) is 13.1. The smallest absolute Gasteiger partial charge is 0.306 e.